The maximum absolute atomic E-state index is 12.5. The molecule has 1 aromatic heterocycles. The van der Waals surface area contributed by atoms with Crippen molar-refractivity contribution in [3.8, 4) is 17.1 Å². The van der Waals surface area contributed by atoms with Gasteiger partial charge in [-0.1, -0.05) is 41.6 Å². The van der Waals surface area contributed by atoms with Crippen molar-refractivity contribution in [2.45, 2.75) is 11.7 Å². The first-order valence-corrected chi connectivity index (χ1v) is 9.59. The van der Waals surface area contributed by atoms with E-state index in [1.807, 2.05) is 28.8 Å². The SMILES string of the molecule is C=CCn1c(SCC(=O)c2ccccc2Cl)nnc1-c1ccc(OC)cc1. The number of ether oxygens (including phenoxy) is 1. The zero-order chi connectivity index (χ0) is 19.2. The standard InChI is InChI=1S/C20H18ClN3O2S/c1-3-12-24-19(14-8-10-15(26-2)11-9-14)22-23-20(24)27-13-18(25)16-6-4-5-7-17(16)21/h3-11H,1,12-13H2,2H3. The van der Waals surface area contributed by atoms with Gasteiger partial charge < -0.3 is 4.74 Å². The van der Waals surface area contributed by atoms with E-state index in [9.17, 15) is 4.79 Å². The summed E-state index contributed by atoms with van der Waals surface area (Å²) >= 11 is 7.43. The van der Waals surface area contributed by atoms with E-state index in [0.717, 1.165) is 11.3 Å². The maximum atomic E-state index is 12.5. The lowest BCUT2D eigenvalue weighted by Gasteiger charge is -2.08. The van der Waals surface area contributed by atoms with E-state index in [-0.39, 0.29) is 11.5 Å². The van der Waals surface area contributed by atoms with E-state index in [2.05, 4.69) is 16.8 Å². The fourth-order valence-corrected chi connectivity index (χ4v) is 3.61. The van der Waals surface area contributed by atoms with Crippen LogP contribution in [0.3, 0.4) is 0 Å². The summed E-state index contributed by atoms with van der Waals surface area (Å²) in [5.41, 5.74) is 1.42. The summed E-state index contributed by atoms with van der Waals surface area (Å²) in [5, 5.41) is 9.66. The number of hydrogen-bond donors (Lipinski definition) is 0. The number of rotatable bonds is 8. The Labute approximate surface area is 167 Å². The van der Waals surface area contributed by atoms with Crippen LogP contribution in [-0.4, -0.2) is 33.4 Å². The summed E-state index contributed by atoms with van der Waals surface area (Å²) in [6, 6.07) is 14.6. The zero-order valence-corrected chi connectivity index (χ0v) is 16.3. The van der Waals surface area contributed by atoms with Crippen LogP contribution in [-0.2, 0) is 6.54 Å². The molecule has 2 aromatic carbocycles. The van der Waals surface area contributed by atoms with Gasteiger partial charge in [0.2, 0.25) is 0 Å². The van der Waals surface area contributed by atoms with Crippen molar-refractivity contribution in [3.63, 3.8) is 0 Å². The second-order valence-electron chi connectivity index (χ2n) is 5.63. The fourth-order valence-electron chi connectivity index (χ4n) is 2.54. The molecule has 0 unspecified atom stereocenters. The number of nitrogens with zero attached hydrogens (tertiary/aromatic N) is 3. The van der Waals surface area contributed by atoms with Gasteiger partial charge in [0.05, 0.1) is 17.9 Å². The molecule has 3 rings (SSSR count). The van der Waals surface area contributed by atoms with E-state index < -0.39 is 0 Å². The predicted molar refractivity (Wildman–Crippen MR) is 109 cm³/mol. The third-order valence-corrected chi connectivity index (χ3v) is 5.18. The van der Waals surface area contributed by atoms with Gasteiger partial charge in [0.25, 0.3) is 0 Å². The highest BCUT2D eigenvalue weighted by molar-refractivity contribution is 7.99. The van der Waals surface area contributed by atoms with Gasteiger partial charge in [-0.3, -0.25) is 9.36 Å². The largest absolute Gasteiger partial charge is 0.497 e. The monoisotopic (exact) mass is 399 g/mol. The van der Waals surface area contributed by atoms with Crippen LogP contribution in [0, 0.1) is 0 Å². The Morgan fingerprint density at radius 2 is 1.96 bits per heavy atom. The third-order valence-electron chi connectivity index (χ3n) is 3.88. The third kappa shape index (κ3) is 4.40. The minimum absolute atomic E-state index is 0.0512. The average Bonchev–Trinajstić information content (AvgIpc) is 3.09. The molecule has 0 amide bonds. The van der Waals surface area contributed by atoms with Crippen molar-refractivity contribution in [1.29, 1.82) is 0 Å². The molecule has 0 N–H and O–H groups in total. The lowest BCUT2D eigenvalue weighted by Crippen LogP contribution is -2.06. The number of aromatic nitrogens is 3. The molecule has 0 atom stereocenters. The van der Waals surface area contributed by atoms with Crippen LogP contribution in [0.2, 0.25) is 5.02 Å². The number of Topliss-reactive ketones (excluding diaryl/α,β-unsaturated/α-hetero) is 1. The van der Waals surface area contributed by atoms with Crippen LogP contribution in [0.4, 0.5) is 0 Å². The number of hydrogen-bond acceptors (Lipinski definition) is 5. The number of allylic oxidation sites excluding steroid dienone is 1. The molecule has 0 spiro atoms. The number of thioether (sulfide) groups is 1. The molecule has 7 heteroatoms. The number of halogens is 1. The minimum Gasteiger partial charge on any atom is -0.497 e. The number of carbonyl (C=O) groups excluding carboxylic acids is 1. The molecule has 138 valence electrons. The van der Waals surface area contributed by atoms with Gasteiger partial charge in [-0.2, -0.15) is 0 Å². The van der Waals surface area contributed by atoms with E-state index in [1.165, 1.54) is 11.8 Å². The van der Waals surface area contributed by atoms with Gasteiger partial charge in [0.15, 0.2) is 16.8 Å². The lowest BCUT2D eigenvalue weighted by molar-refractivity contribution is 0.102. The zero-order valence-electron chi connectivity index (χ0n) is 14.8. The molecular formula is C20H18ClN3O2S. The van der Waals surface area contributed by atoms with Gasteiger partial charge in [-0.15, -0.1) is 16.8 Å². The molecular weight excluding hydrogens is 382 g/mol. The van der Waals surface area contributed by atoms with Crippen LogP contribution >= 0.6 is 23.4 Å². The molecule has 0 saturated heterocycles. The highest BCUT2D eigenvalue weighted by Gasteiger charge is 2.16. The Morgan fingerprint density at radius 1 is 1.22 bits per heavy atom. The van der Waals surface area contributed by atoms with E-state index in [4.69, 9.17) is 16.3 Å². The maximum Gasteiger partial charge on any atom is 0.192 e. The molecule has 27 heavy (non-hydrogen) atoms. The Kier molecular flexibility index (Phi) is 6.32. The van der Waals surface area contributed by atoms with Crippen molar-refractivity contribution in [2.24, 2.45) is 0 Å². The normalized spacial score (nSPS) is 10.6. The number of benzene rings is 2. The topological polar surface area (TPSA) is 57.0 Å². The molecule has 0 aliphatic rings. The van der Waals surface area contributed by atoms with Crippen molar-refractivity contribution >= 4 is 29.1 Å². The van der Waals surface area contributed by atoms with Gasteiger partial charge in [0, 0.05) is 17.7 Å². The minimum atomic E-state index is -0.0512. The first kappa shape index (κ1) is 19.2. The van der Waals surface area contributed by atoms with Crippen LogP contribution in [0.25, 0.3) is 11.4 Å². The summed E-state index contributed by atoms with van der Waals surface area (Å²) in [4.78, 5) is 12.5. The van der Waals surface area contributed by atoms with Crippen LogP contribution in [0.5, 0.6) is 5.75 Å². The van der Waals surface area contributed by atoms with E-state index in [0.29, 0.717) is 28.1 Å². The highest BCUT2D eigenvalue weighted by atomic mass is 35.5. The van der Waals surface area contributed by atoms with Gasteiger partial charge in [-0.25, -0.2) is 0 Å². The predicted octanol–water partition coefficient (Wildman–Crippen LogP) is 4.77. The first-order valence-electron chi connectivity index (χ1n) is 8.23. The van der Waals surface area contributed by atoms with Crippen molar-refractivity contribution in [1.82, 2.24) is 14.8 Å². The molecule has 5 nitrogen and oxygen atoms in total. The summed E-state index contributed by atoms with van der Waals surface area (Å²) in [6.07, 6.45) is 1.77. The average molecular weight is 400 g/mol. The summed E-state index contributed by atoms with van der Waals surface area (Å²) < 4.78 is 7.12. The van der Waals surface area contributed by atoms with Crippen molar-refractivity contribution in [3.05, 3.63) is 71.8 Å². The van der Waals surface area contributed by atoms with Gasteiger partial charge in [0.1, 0.15) is 5.75 Å². The molecule has 0 radical (unpaired) electrons. The van der Waals surface area contributed by atoms with Crippen LogP contribution in [0.15, 0.2) is 66.3 Å². The second kappa shape index (κ2) is 8.88. The van der Waals surface area contributed by atoms with Crippen molar-refractivity contribution < 1.29 is 9.53 Å². The molecule has 3 aromatic rings. The Bertz CT molecular complexity index is 954. The van der Waals surface area contributed by atoms with Gasteiger partial charge >= 0.3 is 0 Å². The molecule has 1 heterocycles. The van der Waals surface area contributed by atoms with Gasteiger partial charge in [-0.05, 0) is 36.4 Å². The van der Waals surface area contributed by atoms with Crippen LogP contribution < -0.4 is 4.74 Å². The summed E-state index contributed by atoms with van der Waals surface area (Å²) in [6.45, 7) is 4.34. The van der Waals surface area contributed by atoms with Crippen LogP contribution in [0.1, 0.15) is 10.4 Å². The Hall–Kier alpha value is -2.57. The fraction of sp³-hybridized carbons (Fsp3) is 0.150. The van der Waals surface area contributed by atoms with Crippen molar-refractivity contribution in [2.75, 3.05) is 12.9 Å². The quantitative estimate of drug-likeness (QED) is 0.310. The summed E-state index contributed by atoms with van der Waals surface area (Å²) in [5.74, 6) is 1.66. The molecule has 0 aliphatic heterocycles. The molecule has 0 bridgehead atoms. The van der Waals surface area contributed by atoms with E-state index in [1.54, 1.807) is 37.5 Å². The second-order valence-corrected chi connectivity index (χ2v) is 6.98. The first-order chi connectivity index (χ1) is 13.1. The molecule has 0 aliphatic carbocycles. The highest BCUT2D eigenvalue weighted by Crippen LogP contribution is 2.27. The number of ketones is 1. The Balaban J connectivity index is 1.81. The molecule has 0 fully saturated rings. The summed E-state index contributed by atoms with van der Waals surface area (Å²) in [7, 11) is 1.62. The smallest absolute Gasteiger partial charge is 0.192 e. The lowest BCUT2D eigenvalue weighted by atomic mass is 10.1. The van der Waals surface area contributed by atoms with E-state index >= 15 is 0 Å². The Morgan fingerprint density at radius 3 is 2.63 bits per heavy atom. The number of methoxy groups -OCH3 is 1. The molecule has 0 saturated carbocycles. The number of carbonyl (C=O) groups is 1.